The van der Waals surface area contributed by atoms with Crippen LogP contribution in [-0.2, 0) is 11.3 Å². The molecule has 1 heterocycles. The molecule has 0 aromatic carbocycles. The highest BCUT2D eigenvalue weighted by Crippen LogP contribution is 2.16. The van der Waals surface area contributed by atoms with Crippen LogP contribution < -0.4 is 10.6 Å². The summed E-state index contributed by atoms with van der Waals surface area (Å²) in [5.74, 6) is 0.626. The van der Waals surface area contributed by atoms with E-state index < -0.39 is 16.6 Å². The first-order valence-electron chi connectivity index (χ1n) is 8.00. The van der Waals surface area contributed by atoms with E-state index in [2.05, 4.69) is 24.5 Å². The number of alkyl carbamates (subject to hydrolysis) is 1. The third-order valence-corrected chi connectivity index (χ3v) is 3.04. The molecule has 0 aliphatic heterocycles. The van der Waals surface area contributed by atoms with Crippen LogP contribution in [-0.4, -0.2) is 29.2 Å². The van der Waals surface area contributed by atoms with Crippen molar-refractivity contribution in [1.82, 2.24) is 10.6 Å². The summed E-state index contributed by atoms with van der Waals surface area (Å²) in [4.78, 5) is 21.8. The van der Waals surface area contributed by atoms with E-state index in [1.807, 2.05) is 0 Å². The lowest BCUT2D eigenvalue weighted by Crippen LogP contribution is -2.43. The first-order valence-corrected chi connectivity index (χ1v) is 8.00. The number of hydrogen-bond donors (Lipinski definition) is 2. The molecule has 1 aromatic heterocycles. The summed E-state index contributed by atoms with van der Waals surface area (Å²) < 4.78 is 10.3. The number of ether oxygens (including phenoxy) is 1. The standard InChI is InChI=1S/C16H27N3O5/c1-11(2)8-12(9-18-15(20)24-16(3,4)5)17-10-13-6-7-14(23-13)19(21)22/h6-7,11-12,17H,8-10H2,1-5H3,(H,18,20). The molecular weight excluding hydrogens is 314 g/mol. The predicted molar refractivity (Wildman–Crippen MR) is 89.7 cm³/mol. The van der Waals surface area contributed by atoms with Crippen molar-refractivity contribution in [2.24, 2.45) is 5.92 Å². The van der Waals surface area contributed by atoms with Crippen molar-refractivity contribution in [2.75, 3.05) is 6.54 Å². The van der Waals surface area contributed by atoms with Gasteiger partial charge in [0.05, 0.1) is 12.6 Å². The molecular formula is C16H27N3O5. The van der Waals surface area contributed by atoms with Crippen molar-refractivity contribution < 1.29 is 18.9 Å². The lowest BCUT2D eigenvalue weighted by molar-refractivity contribution is -0.402. The number of furan rings is 1. The molecule has 0 saturated carbocycles. The molecule has 0 radical (unpaired) electrons. The van der Waals surface area contributed by atoms with Gasteiger partial charge in [0.25, 0.3) is 0 Å². The average Bonchev–Trinajstić information content (AvgIpc) is 2.88. The van der Waals surface area contributed by atoms with E-state index in [4.69, 9.17) is 9.15 Å². The van der Waals surface area contributed by atoms with Crippen molar-refractivity contribution in [1.29, 1.82) is 0 Å². The van der Waals surface area contributed by atoms with Gasteiger partial charge in [-0.15, -0.1) is 0 Å². The molecule has 24 heavy (non-hydrogen) atoms. The first-order chi connectivity index (χ1) is 11.1. The van der Waals surface area contributed by atoms with Crippen molar-refractivity contribution in [2.45, 2.75) is 59.2 Å². The van der Waals surface area contributed by atoms with Gasteiger partial charge in [0.15, 0.2) is 0 Å². The summed E-state index contributed by atoms with van der Waals surface area (Å²) >= 11 is 0. The van der Waals surface area contributed by atoms with Gasteiger partial charge in [0, 0.05) is 12.6 Å². The van der Waals surface area contributed by atoms with Gasteiger partial charge in [-0.05, 0) is 39.2 Å². The number of nitrogens with zero attached hydrogens (tertiary/aromatic N) is 1. The molecule has 1 rings (SSSR count). The molecule has 1 aromatic rings. The molecule has 8 nitrogen and oxygen atoms in total. The van der Waals surface area contributed by atoms with Crippen LogP contribution in [0.25, 0.3) is 0 Å². The lowest BCUT2D eigenvalue weighted by atomic mass is 10.0. The highest BCUT2D eigenvalue weighted by atomic mass is 16.6. The number of carbonyl (C=O) groups excluding carboxylic acids is 1. The van der Waals surface area contributed by atoms with Crippen LogP contribution in [0.3, 0.4) is 0 Å². The normalized spacial score (nSPS) is 12.9. The largest absolute Gasteiger partial charge is 0.444 e. The number of nitro groups is 1. The van der Waals surface area contributed by atoms with Crippen LogP contribution in [0, 0.1) is 16.0 Å². The summed E-state index contributed by atoms with van der Waals surface area (Å²) in [5.41, 5.74) is -0.543. The van der Waals surface area contributed by atoms with Crippen molar-refractivity contribution in [3.63, 3.8) is 0 Å². The Morgan fingerprint density at radius 3 is 2.54 bits per heavy atom. The number of nitrogens with one attached hydrogen (secondary N) is 2. The Kier molecular flexibility index (Phi) is 7.21. The highest BCUT2D eigenvalue weighted by Gasteiger charge is 2.19. The Bertz CT molecular complexity index is 548. The summed E-state index contributed by atoms with van der Waals surface area (Å²) in [6.45, 7) is 10.3. The zero-order valence-electron chi connectivity index (χ0n) is 14.9. The second-order valence-electron chi connectivity index (χ2n) is 7.09. The van der Waals surface area contributed by atoms with E-state index in [9.17, 15) is 14.9 Å². The fraction of sp³-hybridized carbons (Fsp3) is 0.688. The van der Waals surface area contributed by atoms with E-state index in [0.717, 1.165) is 6.42 Å². The zero-order chi connectivity index (χ0) is 18.3. The minimum Gasteiger partial charge on any atom is -0.444 e. The Morgan fingerprint density at radius 1 is 1.38 bits per heavy atom. The van der Waals surface area contributed by atoms with Crippen molar-refractivity contribution in [3.8, 4) is 0 Å². The summed E-state index contributed by atoms with van der Waals surface area (Å²) in [5, 5.41) is 16.6. The van der Waals surface area contributed by atoms with E-state index >= 15 is 0 Å². The molecule has 136 valence electrons. The first kappa shape index (κ1) is 20.0. The van der Waals surface area contributed by atoms with E-state index in [1.165, 1.54) is 6.07 Å². The van der Waals surface area contributed by atoms with Crippen LogP contribution in [0.4, 0.5) is 10.7 Å². The maximum absolute atomic E-state index is 11.7. The highest BCUT2D eigenvalue weighted by molar-refractivity contribution is 5.67. The van der Waals surface area contributed by atoms with Gasteiger partial charge in [-0.3, -0.25) is 10.1 Å². The summed E-state index contributed by atoms with van der Waals surface area (Å²) in [6, 6.07) is 2.90. The number of rotatable bonds is 8. The predicted octanol–water partition coefficient (Wildman–Crippen LogP) is 3.22. The van der Waals surface area contributed by atoms with Crippen LogP contribution in [0.1, 0.15) is 46.8 Å². The van der Waals surface area contributed by atoms with Gasteiger partial charge >= 0.3 is 12.0 Å². The fourth-order valence-electron chi connectivity index (χ4n) is 2.13. The molecule has 0 aliphatic rings. The Labute approximate surface area is 142 Å². The molecule has 0 fully saturated rings. The third kappa shape index (κ3) is 7.96. The number of amides is 1. The number of carbonyl (C=O) groups is 1. The monoisotopic (exact) mass is 341 g/mol. The van der Waals surface area contributed by atoms with Crippen LogP contribution in [0.5, 0.6) is 0 Å². The molecule has 1 unspecified atom stereocenters. The Hall–Kier alpha value is -2.09. The lowest BCUT2D eigenvalue weighted by Gasteiger charge is -2.23. The molecule has 0 bridgehead atoms. The molecule has 8 heteroatoms. The molecule has 1 atom stereocenters. The summed E-state index contributed by atoms with van der Waals surface area (Å²) in [6.07, 6.45) is 0.366. The van der Waals surface area contributed by atoms with Crippen molar-refractivity contribution in [3.05, 3.63) is 28.0 Å². The van der Waals surface area contributed by atoms with E-state index in [-0.39, 0.29) is 11.9 Å². The second-order valence-corrected chi connectivity index (χ2v) is 7.09. The maximum Gasteiger partial charge on any atom is 0.433 e. The van der Waals surface area contributed by atoms with Crippen LogP contribution in [0.2, 0.25) is 0 Å². The van der Waals surface area contributed by atoms with E-state index in [1.54, 1.807) is 26.8 Å². The van der Waals surface area contributed by atoms with Crippen LogP contribution in [0.15, 0.2) is 16.5 Å². The van der Waals surface area contributed by atoms with Gasteiger partial charge in [-0.1, -0.05) is 13.8 Å². The minimum atomic E-state index is -0.570. The smallest absolute Gasteiger partial charge is 0.433 e. The fourth-order valence-corrected chi connectivity index (χ4v) is 2.13. The maximum atomic E-state index is 11.7. The van der Waals surface area contributed by atoms with Crippen LogP contribution >= 0.6 is 0 Å². The summed E-state index contributed by atoms with van der Waals surface area (Å²) in [7, 11) is 0. The Morgan fingerprint density at radius 2 is 2.04 bits per heavy atom. The SMILES string of the molecule is CC(C)CC(CNC(=O)OC(C)(C)C)NCc1ccc([N+](=O)[O-])o1. The van der Waals surface area contributed by atoms with Gasteiger partial charge in [0.2, 0.25) is 0 Å². The quantitative estimate of drug-likeness (QED) is 0.555. The van der Waals surface area contributed by atoms with Crippen molar-refractivity contribution >= 4 is 12.0 Å². The Balaban J connectivity index is 2.52. The molecule has 2 N–H and O–H groups in total. The molecule has 1 amide bonds. The van der Waals surface area contributed by atoms with Gasteiger partial charge in [-0.25, -0.2) is 4.79 Å². The molecule has 0 spiro atoms. The van der Waals surface area contributed by atoms with Gasteiger partial charge in [0.1, 0.15) is 16.3 Å². The number of hydrogen-bond acceptors (Lipinski definition) is 6. The van der Waals surface area contributed by atoms with Gasteiger partial charge < -0.3 is 19.8 Å². The average molecular weight is 341 g/mol. The molecule has 0 aliphatic carbocycles. The second kappa shape index (κ2) is 8.68. The topological polar surface area (TPSA) is 107 Å². The van der Waals surface area contributed by atoms with E-state index in [0.29, 0.717) is 24.8 Å². The minimum absolute atomic E-state index is 0.00155. The van der Waals surface area contributed by atoms with Gasteiger partial charge in [-0.2, -0.15) is 0 Å². The third-order valence-electron chi connectivity index (χ3n) is 3.04. The molecule has 0 saturated heterocycles. The zero-order valence-corrected chi connectivity index (χ0v) is 14.9.